The van der Waals surface area contributed by atoms with E-state index >= 15 is 0 Å². The predicted octanol–water partition coefficient (Wildman–Crippen LogP) is 4.67. The van der Waals surface area contributed by atoms with Crippen molar-refractivity contribution in [2.24, 2.45) is 0 Å². The van der Waals surface area contributed by atoms with Crippen LogP contribution in [0.1, 0.15) is 23.6 Å². The summed E-state index contributed by atoms with van der Waals surface area (Å²) in [6.07, 6.45) is -0.612. The number of carbonyl (C=O) groups excluding carboxylic acids is 1. The fraction of sp³-hybridized carbons (Fsp3) is 0.278. The van der Waals surface area contributed by atoms with Crippen LogP contribution in [0.5, 0.6) is 5.75 Å². The van der Waals surface area contributed by atoms with Crippen LogP contribution in [0.2, 0.25) is 5.02 Å². The summed E-state index contributed by atoms with van der Waals surface area (Å²) in [7, 11) is 0. The second kappa shape index (κ2) is 6.84. The molecule has 0 aliphatic carbocycles. The molecule has 0 radical (unpaired) electrons. The number of hydrogen-bond acceptors (Lipinski definition) is 2. The number of rotatable bonds is 4. The molecule has 1 N–H and O–H groups in total. The Morgan fingerprint density at radius 1 is 1.14 bits per heavy atom. The highest BCUT2D eigenvalue weighted by atomic mass is 35.5. The number of halogens is 1. The first kappa shape index (κ1) is 16.4. The van der Waals surface area contributed by atoms with Gasteiger partial charge in [0.1, 0.15) is 5.75 Å². The van der Waals surface area contributed by atoms with Gasteiger partial charge < -0.3 is 10.1 Å². The van der Waals surface area contributed by atoms with E-state index in [-0.39, 0.29) is 5.91 Å². The molecule has 0 bridgehead atoms. The first-order valence-corrected chi connectivity index (χ1v) is 7.55. The van der Waals surface area contributed by atoms with Crippen LogP contribution < -0.4 is 10.1 Å². The number of carbonyl (C=O) groups is 1. The fourth-order valence-electron chi connectivity index (χ4n) is 2.25. The Bertz CT molecular complexity index is 674. The van der Waals surface area contributed by atoms with E-state index in [2.05, 4.69) is 5.32 Å². The minimum atomic E-state index is -0.612. The summed E-state index contributed by atoms with van der Waals surface area (Å²) in [6.45, 7) is 7.58. The van der Waals surface area contributed by atoms with Crippen LogP contribution in [0.3, 0.4) is 0 Å². The van der Waals surface area contributed by atoms with Crippen LogP contribution in [0.4, 0.5) is 5.69 Å². The number of hydrogen-bond donors (Lipinski definition) is 1. The van der Waals surface area contributed by atoms with Crippen molar-refractivity contribution in [2.45, 2.75) is 33.8 Å². The van der Waals surface area contributed by atoms with Crippen molar-refractivity contribution in [3.63, 3.8) is 0 Å². The van der Waals surface area contributed by atoms with Crippen molar-refractivity contribution in [1.82, 2.24) is 0 Å². The highest BCUT2D eigenvalue weighted by molar-refractivity contribution is 6.34. The molecule has 0 spiro atoms. The van der Waals surface area contributed by atoms with Crippen molar-refractivity contribution in [3.8, 4) is 5.75 Å². The summed E-state index contributed by atoms with van der Waals surface area (Å²) in [6, 6.07) is 11.4. The van der Waals surface area contributed by atoms with Gasteiger partial charge in [-0.1, -0.05) is 29.8 Å². The van der Waals surface area contributed by atoms with Gasteiger partial charge in [0.05, 0.1) is 10.7 Å². The van der Waals surface area contributed by atoms with Crippen molar-refractivity contribution in [3.05, 3.63) is 58.1 Å². The van der Waals surface area contributed by atoms with Crippen LogP contribution in [0.15, 0.2) is 36.4 Å². The normalized spacial score (nSPS) is 11.9. The average Bonchev–Trinajstić information content (AvgIpc) is 2.42. The van der Waals surface area contributed by atoms with E-state index in [0.29, 0.717) is 16.5 Å². The second-order valence-electron chi connectivity index (χ2n) is 5.50. The number of anilines is 1. The summed E-state index contributed by atoms with van der Waals surface area (Å²) in [5.74, 6) is 0.449. The maximum atomic E-state index is 12.3. The van der Waals surface area contributed by atoms with Crippen LogP contribution in [-0.4, -0.2) is 12.0 Å². The molecule has 2 rings (SSSR count). The zero-order valence-corrected chi connectivity index (χ0v) is 14.0. The third-order valence-electron chi connectivity index (χ3n) is 3.35. The summed E-state index contributed by atoms with van der Waals surface area (Å²) < 4.78 is 5.68. The van der Waals surface area contributed by atoms with E-state index in [1.165, 1.54) is 0 Å². The molecule has 0 heterocycles. The van der Waals surface area contributed by atoms with E-state index in [1.54, 1.807) is 6.92 Å². The number of aryl methyl sites for hydroxylation is 3. The summed E-state index contributed by atoms with van der Waals surface area (Å²) in [4.78, 5) is 12.3. The van der Waals surface area contributed by atoms with E-state index in [4.69, 9.17) is 16.3 Å². The average molecular weight is 318 g/mol. The van der Waals surface area contributed by atoms with E-state index in [9.17, 15) is 4.79 Å². The lowest BCUT2D eigenvalue weighted by atomic mass is 10.1. The van der Waals surface area contributed by atoms with Crippen LogP contribution >= 0.6 is 11.6 Å². The monoisotopic (exact) mass is 317 g/mol. The third kappa shape index (κ3) is 4.01. The summed E-state index contributed by atoms with van der Waals surface area (Å²) in [5.41, 5.74) is 3.71. The summed E-state index contributed by atoms with van der Waals surface area (Å²) >= 11 is 6.21. The molecule has 2 aromatic carbocycles. The highest BCUT2D eigenvalue weighted by Crippen LogP contribution is 2.27. The standard InChI is InChI=1S/C18H20ClNO2/c1-11-6-5-7-15(9-11)22-14(4)18(21)20-17-13(3)8-12(2)10-16(17)19/h5-10,14H,1-4H3,(H,20,21)/t14-/m1/s1. The SMILES string of the molecule is Cc1cccc(O[C@H](C)C(=O)Nc2c(C)cc(C)cc2Cl)c1. The Balaban J connectivity index is 2.09. The van der Waals surface area contributed by atoms with Gasteiger partial charge in [-0.2, -0.15) is 0 Å². The third-order valence-corrected chi connectivity index (χ3v) is 3.65. The number of amides is 1. The Hall–Kier alpha value is -2.00. The largest absolute Gasteiger partial charge is 0.481 e. The van der Waals surface area contributed by atoms with Gasteiger partial charge in [0.15, 0.2) is 6.10 Å². The zero-order chi connectivity index (χ0) is 16.3. The maximum absolute atomic E-state index is 12.3. The lowest BCUT2D eigenvalue weighted by molar-refractivity contribution is -0.122. The van der Waals surface area contributed by atoms with Gasteiger partial charge in [0, 0.05) is 0 Å². The molecule has 0 saturated carbocycles. The molecule has 116 valence electrons. The number of benzene rings is 2. The van der Waals surface area contributed by atoms with Gasteiger partial charge in [-0.25, -0.2) is 0 Å². The highest BCUT2D eigenvalue weighted by Gasteiger charge is 2.17. The molecule has 0 aromatic heterocycles. The van der Waals surface area contributed by atoms with Crippen molar-refractivity contribution in [2.75, 3.05) is 5.32 Å². The second-order valence-corrected chi connectivity index (χ2v) is 5.91. The zero-order valence-electron chi connectivity index (χ0n) is 13.2. The molecule has 22 heavy (non-hydrogen) atoms. The topological polar surface area (TPSA) is 38.3 Å². The Morgan fingerprint density at radius 3 is 2.50 bits per heavy atom. The lowest BCUT2D eigenvalue weighted by Gasteiger charge is -2.17. The minimum absolute atomic E-state index is 0.227. The molecule has 4 heteroatoms. The number of ether oxygens (including phenoxy) is 1. The molecule has 1 amide bonds. The van der Waals surface area contributed by atoms with Gasteiger partial charge in [0.2, 0.25) is 0 Å². The van der Waals surface area contributed by atoms with Crippen LogP contribution in [-0.2, 0) is 4.79 Å². The van der Waals surface area contributed by atoms with Crippen molar-refractivity contribution in [1.29, 1.82) is 0 Å². The van der Waals surface area contributed by atoms with Gasteiger partial charge in [-0.3, -0.25) is 4.79 Å². The van der Waals surface area contributed by atoms with Gasteiger partial charge in [0.25, 0.3) is 5.91 Å². The quantitative estimate of drug-likeness (QED) is 0.889. The molecule has 0 aliphatic heterocycles. The smallest absolute Gasteiger partial charge is 0.265 e. The Kier molecular flexibility index (Phi) is 5.09. The van der Waals surface area contributed by atoms with E-state index < -0.39 is 6.10 Å². The van der Waals surface area contributed by atoms with Crippen LogP contribution in [0, 0.1) is 20.8 Å². The molecule has 0 saturated heterocycles. The summed E-state index contributed by atoms with van der Waals surface area (Å²) in [5, 5.41) is 3.38. The molecule has 0 fully saturated rings. The first-order valence-electron chi connectivity index (χ1n) is 7.18. The minimum Gasteiger partial charge on any atom is -0.481 e. The number of nitrogens with one attached hydrogen (secondary N) is 1. The molecule has 1 atom stereocenters. The van der Waals surface area contributed by atoms with Crippen LogP contribution in [0.25, 0.3) is 0 Å². The molecular weight excluding hydrogens is 298 g/mol. The van der Waals surface area contributed by atoms with Gasteiger partial charge >= 0.3 is 0 Å². The van der Waals surface area contributed by atoms with E-state index in [0.717, 1.165) is 16.7 Å². The lowest BCUT2D eigenvalue weighted by Crippen LogP contribution is -2.30. The van der Waals surface area contributed by atoms with E-state index in [1.807, 2.05) is 57.2 Å². The van der Waals surface area contributed by atoms with Gasteiger partial charge in [-0.05, 0) is 62.6 Å². The van der Waals surface area contributed by atoms with Crippen molar-refractivity contribution < 1.29 is 9.53 Å². The van der Waals surface area contributed by atoms with Gasteiger partial charge in [-0.15, -0.1) is 0 Å². The maximum Gasteiger partial charge on any atom is 0.265 e. The molecule has 0 unspecified atom stereocenters. The molecule has 0 aliphatic rings. The molecule has 3 nitrogen and oxygen atoms in total. The molecule has 2 aromatic rings. The predicted molar refractivity (Wildman–Crippen MR) is 90.8 cm³/mol. The Labute approximate surface area is 136 Å². The Morgan fingerprint density at radius 2 is 1.86 bits per heavy atom. The van der Waals surface area contributed by atoms with Crippen molar-refractivity contribution >= 4 is 23.2 Å². The molecular formula is C18H20ClNO2. The first-order chi connectivity index (χ1) is 10.4. The fourth-order valence-corrected chi connectivity index (χ4v) is 2.61.